The van der Waals surface area contributed by atoms with Crippen LogP contribution in [0.4, 0.5) is 0 Å². The molecule has 1 aromatic rings. The van der Waals surface area contributed by atoms with Crippen molar-refractivity contribution in [3.05, 3.63) is 20.8 Å². The molecule has 2 heterocycles. The number of halogens is 1. The fraction of sp³-hybridized carbons (Fsp3) is 0.583. The van der Waals surface area contributed by atoms with Crippen LogP contribution >= 0.6 is 27.3 Å². The zero-order chi connectivity index (χ0) is 12.3. The lowest BCUT2D eigenvalue weighted by atomic mass is 10.0. The van der Waals surface area contributed by atoms with Gasteiger partial charge in [0, 0.05) is 24.5 Å². The summed E-state index contributed by atoms with van der Waals surface area (Å²) in [5.41, 5.74) is 0.764. The summed E-state index contributed by atoms with van der Waals surface area (Å²) in [5, 5.41) is 5.00. The summed E-state index contributed by atoms with van der Waals surface area (Å²) in [5.74, 6) is 0.0573. The van der Waals surface area contributed by atoms with Crippen LogP contribution < -0.4 is 5.32 Å². The molecule has 0 aromatic carbocycles. The second-order valence-electron chi connectivity index (χ2n) is 4.32. The zero-order valence-electron chi connectivity index (χ0n) is 9.91. The van der Waals surface area contributed by atoms with Crippen molar-refractivity contribution in [3.8, 4) is 0 Å². The smallest absolute Gasteiger partial charge is 0.252 e. The molecule has 0 bridgehead atoms. The topological polar surface area (TPSA) is 32.3 Å². The molecule has 0 unspecified atom stereocenters. The van der Waals surface area contributed by atoms with Crippen LogP contribution in [0, 0.1) is 0 Å². The highest BCUT2D eigenvalue weighted by atomic mass is 79.9. The van der Waals surface area contributed by atoms with E-state index in [1.54, 1.807) is 11.3 Å². The van der Waals surface area contributed by atoms with E-state index in [2.05, 4.69) is 33.1 Å². The van der Waals surface area contributed by atoms with Crippen molar-refractivity contribution in [1.82, 2.24) is 10.2 Å². The molecular weight excluding hydrogens is 300 g/mol. The molecule has 0 spiro atoms. The molecule has 0 atom stereocenters. The van der Waals surface area contributed by atoms with Crippen LogP contribution in [0.5, 0.6) is 0 Å². The monoisotopic (exact) mass is 316 g/mol. The lowest BCUT2D eigenvalue weighted by Crippen LogP contribution is -2.44. The van der Waals surface area contributed by atoms with E-state index in [9.17, 15) is 4.79 Å². The first kappa shape index (κ1) is 13.1. The Morgan fingerprint density at radius 3 is 2.82 bits per heavy atom. The summed E-state index contributed by atoms with van der Waals surface area (Å²) < 4.78 is 1.00. The summed E-state index contributed by atoms with van der Waals surface area (Å²) in [4.78, 5) is 14.4. The Kier molecular flexibility index (Phi) is 4.59. The fourth-order valence-corrected chi connectivity index (χ4v) is 3.23. The van der Waals surface area contributed by atoms with E-state index in [4.69, 9.17) is 0 Å². The lowest BCUT2D eigenvalue weighted by Gasteiger charge is -2.31. The summed E-state index contributed by atoms with van der Waals surface area (Å²) in [6.45, 7) is 5.48. The Labute approximate surface area is 114 Å². The lowest BCUT2D eigenvalue weighted by molar-refractivity contribution is 0.0913. The van der Waals surface area contributed by atoms with Gasteiger partial charge in [0.05, 0.1) is 9.35 Å². The second kappa shape index (κ2) is 5.98. The number of carbonyl (C=O) groups is 1. The Bertz CT molecular complexity index is 386. The second-order valence-corrected chi connectivity index (χ2v) is 6.61. The van der Waals surface area contributed by atoms with Gasteiger partial charge in [-0.15, -0.1) is 11.3 Å². The average Bonchev–Trinajstić information content (AvgIpc) is 2.77. The van der Waals surface area contributed by atoms with Gasteiger partial charge in [0.2, 0.25) is 0 Å². The molecule has 0 saturated carbocycles. The Balaban J connectivity index is 1.84. The van der Waals surface area contributed by atoms with Gasteiger partial charge in [-0.05, 0) is 41.4 Å². The Morgan fingerprint density at radius 1 is 1.59 bits per heavy atom. The van der Waals surface area contributed by atoms with E-state index in [-0.39, 0.29) is 5.91 Å². The fourth-order valence-electron chi connectivity index (χ4n) is 2.09. The van der Waals surface area contributed by atoms with Crippen LogP contribution in [0.25, 0.3) is 0 Å². The maximum absolute atomic E-state index is 11.9. The average molecular weight is 317 g/mol. The van der Waals surface area contributed by atoms with E-state index in [1.807, 2.05) is 11.4 Å². The number of piperidine rings is 1. The van der Waals surface area contributed by atoms with Gasteiger partial charge >= 0.3 is 0 Å². The molecule has 1 aliphatic heterocycles. The van der Waals surface area contributed by atoms with Crippen LogP contribution in [0.2, 0.25) is 0 Å². The first-order valence-corrected chi connectivity index (χ1v) is 7.63. The van der Waals surface area contributed by atoms with Crippen molar-refractivity contribution in [2.24, 2.45) is 0 Å². The molecule has 17 heavy (non-hydrogen) atoms. The summed E-state index contributed by atoms with van der Waals surface area (Å²) in [6.07, 6.45) is 2.12. The third-order valence-electron chi connectivity index (χ3n) is 3.20. The number of likely N-dealkylation sites (tertiary alicyclic amines) is 1. The summed E-state index contributed by atoms with van der Waals surface area (Å²) >= 11 is 4.92. The predicted octanol–water partition coefficient (Wildman–Crippen LogP) is 2.72. The van der Waals surface area contributed by atoms with Gasteiger partial charge in [-0.25, -0.2) is 0 Å². The van der Waals surface area contributed by atoms with Gasteiger partial charge in [-0.3, -0.25) is 4.79 Å². The van der Waals surface area contributed by atoms with Crippen LogP contribution in [0.3, 0.4) is 0 Å². The minimum Gasteiger partial charge on any atom is -0.349 e. The maximum atomic E-state index is 11.9. The molecule has 5 heteroatoms. The highest BCUT2D eigenvalue weighted by Gasteiger charge is 2.20. The van der Waals surface area contributed by atoms with Crippen molar-refractivity contribution < 1.29 is 4.79 Å². The summed E-state index contributed by atoms with van der Waals surface area (Å²) in [7, 11) is 0. The number of hydrogen-bond acceptors (Lipinski definition) is 3. The molecule has 1 N–H and O–H groups in total. The number of thiophene rings is 1. The van der Waals surface area contributed by atoms with E-state index in [0.717, 1.165) is 41.8 Å². The van der Waals surface area contributed by atoms with Crippen LogP contribution in [0.1, 0.15) is 30.1 Å². The molecule has 1 aromatic heterocycles. The van der Waals surface area contributed by atoms with Crippen molar-refractivity contribution in [1.29, 1.82) is 0 Å². The Morgan fingerprint density at radius 2 is 2.29 bits per heavy atom. The van der Waals surface area contributed by atoms with E-state index >= 15 is 0 Å². The van der Waals surface area contributed by atoms with Crippen molar-refractivity contribution in [3.63, 3.8) is 0 Å². The van der Waals surface area contributed by atoms with E-state index in [1.165, 1.54) is 0 Å². The maximum Gasteiger partial charge on any atom is 0.252 e. The molecule has 0 aliphatic carbocycles. The molecule has 2 rings (SSSR count). The largest absolute Gasteiger partial charge is 0.349 e. The molecule has 3 nitrogen and oxygen atoms in total. The molecule has 94 valence electrons. The van der Waals surface area contributed by atoms with Crippen LogP contribution in [-0.4, -0.2) is 36.5 Å². The minimum absolute atomic E-state index is 0.0573. The zero-order valence-corrected chi connectivity index (χ0v) is 12.3. The third-order valence-corrected chi connectivity index (χ3v) is 4.70. The molecule has 1 amide bonds. The normalized spacial score (nSPS) is 18.2. The van der Waals surface area contributed by atoms with Gasteiger partial charge in [-0.2, -0.15) is 0 Å². The number of nitrogens with zero attached hydrogens (tertiary/aromatic N) is 1. The molecule has 1 aliphatic rings. The van der Waals surface area contributed by atoms with Gasteiger partial charge in [0.25, 0.3) is 5.91 Å². The molecule has 0 radical (unpaired) electrons. The van der Waals surface area contributed by atoms with Gasteiger partial charge in [-0.1, -0.05) is 6.92 Å². The molecule has 1 fully saturated rings. The van der Waals surface area contributed by atoms with Crippen LogP contribution in [-0.2, 0) is 0 Å². The highest BCUT2D eigenvalue weighted by Crippen LogP contribution is 2.21. The number of rotatable bonds is 3. The minimum atomic E-state index is 0.0573. The number of carbonyl (C=O) groups excluding carboxylic acids is 1. The van der Waals surface area contributed by atoms with E-state index < -0.39 is 0 Å². The van der Waals surface area contributed by atoms with Crippen LogP contribution in [0.15, 0.2) is 15.2 Å². The van der Waals surface area contributed by atoms with Crippen molar-refractivity contribution in [2.45, 2.75) is 25.8 Å². The summed E-state index contributed by atoms with van der Waals surface area (Å²) in [6, 6.07) is 2.21. The van der Waals surface area contributed by atoms with Crippen molar-refractivity contribution in [2.75, 3.05) is 19.6 Å². The standard InChI is InChI=1S/C12H17BrN2OS/c1-2-15-5-3-10(4-6-15)14-12(16)9-7-11(13)17-8-9/h7-8,10H,2-6H2,1H3,(H,14,16). The molecular formula is C12H17BrN2OS. The van der Waals surface area contributed by atoms with Gasteiger partial charge in [0.15, 0.2) is 0 Å². The first-order chi connectivity index (χ1) is 8.19. The number of nitrogens with one attached hydrogen (secondary N) is 1. The van der Waals surface area contributed by atoms with E-state index in [0.29, 0.717) is 6.04 Å². The molecule has 1 saturated heterocycles. The van der Waals surface area contributed by atoms with Gasteiger partial charge in [0.1, 0.15) is 0 Å². The van der Waals surface area contributed by atoms with Crippen molar-refractivity contribution >= 4 is 33.2 Å². The third kappa shape index (κ3) is 3.53. The quantitative estimate of drug-likeness (QED) is 0.930. The number of hydrogen-bond donors (Lipinski definition) is 1. The predicted molar refractivity (Wildman–Crippen MR) is 74.6 cm³/mol. The number of amides is 1. The first-order valence-electron chi connectivity index (χ1n) is 5.96. The highest BCUT2D eigenvalue weighted by molar-refractivity contribution is 9.11. The SMILES string of the molecule is CCN1CCC(NC(=O)c2csc(Br)c2)CC1. The Hall–Kier alpha value is -0.390. The van der Waals surface area contributed by atoms with Gasteiger partial charge < -0.3 is 10.2 Å².